The highest BCUT2D eigenvalue weighted by Crippen LogP contribution is 2.32. The monoisotopic (exact) mass is 333 g/mol. The fourth-order valence-corrected chi connectivity index (χ4v) is 4.29. The van der Waals surface area contributed by atoms with Crippen LogP contribution in [0.5, 0.6) is 0 Å². The summed E-state index contributed by atoms with van der Waals surface area (Å²) in [5.74, 6) is 0.0100. The van der Waals surface area contributed by atoms with Gasteiger partial charge in [-0.05, 0) is 38.0 Å². The molecule has 0 bridgehead atoms. The molecule has 1 aliphatic rings. The van der Waals surface area contributed by atoms with E-state index in [0.29, 0.717) is 6.54 Å². The number of aromatic nitrogens is 1. The van der Waals surface area contributed by atoms with Crippen molar-refractivity contribution in [2.75, 3.05) is 39.4 Å². The van der Waals surface area contributed by atoms with Gasteiger partial charge in [-0.25, -0.2) is 4.98 Å². The molecule has 1 aliphatic heterocycles. The summed E-state index contributed by atoms with van der Waals surface area (Å²) in [7, 11) is 0. The van der Waals surface area contributed by atoms with E-state index in [0.717, 1.165) is 59.2 Å². The Kier molecular flexibility index (Phi) is 4.94. The number of amides is 1. The Morgan fingerprint density at radius 2 is 2.09 bits per heavy atom. The van der Waals surface area contributed by atoms with E-state index in [9.17, 15) is 4.79 Å². The number of hydrogen-bond acceptors (Lipinski definition) is 5. The molecule has 23 heavy (non-hydrogen) atoms. The van der Waals surface area contributed by atoms with Crippen LogP contribution < -0.4 is 5.32 Å². The molecule has 0 aromatic carbocycles. The number of carbonyl (C=O) groups is 1. The highest BCUT2D eigenvalue weighted by atomic mass is 32.1. The quantitative estimate of drug-likeness (QED) is 0.933. The molecule has 1 saturated heterocycles. The number of thiophene rings is 1. The first-order chi connectivity index (χ1) is 11.1. The molecule has 0 unspecified atom stereocenters. The molecule has 0 saturated carbocycles. The summed E-state index contributed by atoms with van der Waals surface area (Å²) in [5.41, 5.74) is 3.23. The van der Waals surface area contributed by atoms with Crippen molar-refractivity contribution in [3.63, 3.8) is 0 Å². The molecule has 5 nitrogen and oxygen atoms in total. The maximum atomic E-state index is 12.5. The van der Waals surface area contributed by atoms with Crippen LogP contribution in [0.1, 0.15) is 26.5 Å². The smallest absolute Gasteiger partial charge is 0.261 e. The molecule has 1 fully saturated rings. The molecule has 3 heterocycles. The standard InChI is InChI=1S/C17H23N3O2S/c1-11-10-12(2)19-17-14(11)13(3)15(23-17)16(21)18-4-5-20-6-8-22-9-7-20/h10H,4-9H2,1-3H3,(H,18,21). The topological polar surface area (TPSA) is 54.5 Å². The van der Waals surface area contributed by atoms with Crippen molar-refractivity contribution in [3.05, 3.63) is 27.8 Å². The van der Waals surface area contributed by atoms with Crippen molar-refractivity contribution in [1.29, 1.82) is 0 Å². The Bertz CT molecular complexity index is 720. The molecule has 0 spiro atoms. The van der Waals surface area contributed by atoms with Gasteiger partial charge in [0.2, 0.25) is 0 Å². The number of ether oxygens (including phenoxy) is 1. The summed E-state index contributed by atoms with van der Waals surface area (Å²) < 4.78 is 5.33. The van der Waals surface area contributed by atoms with Crippen LogP contribution in [0.3, 0.4) is 0 Å². The first-order valence-electron chi connectivity index (χ1n) is 8.02. The summed E-state index contributed by atoms with van der Waals surface area (Å²) in [6.45, 7) is 11.1. The Hall–Kier alpha value is -1.50. The van der Waals surface area contributed by atoms with Gasteiger partial charge in [0.15, 0.2) is 0 Å². The average Bonchev–Trinajstić information content (AvgIpc) is 2.85. The van der Waals surface area contributed by atoms with Gasteiger partial charge in [0.1, 0.15) is 4.83 Å². The number of nitrogens with one attached hydrogen (secondary N) is 1. The highest BCUT2D eigenvalue weighted by molar-refractivity contribution is 7.20. The number of pyridine rings is 1. The highest BCUT2D eigenvalue weighted by Gasteiger charge is 2.18. The van der Waals surface area contributed by atoms with Crippen LogP contribution in [0.25, 0.3) is 10.2 Å². The van der Waals surface area contributed by atoms with E-state index in [1.54, 1.807) is 0 Å². The predicted molar refractivity (Wildman–Crippen MR) is 93.4 cm³/mol. The van der Waals surface area contributed by atoms with Crippen LogP contribution in [0.4, 0.5) is 0 Å². The van der Waals surface area contributed by atoms with Crippen molar-refractivity contribution < 1.29 is 9.53 Å². The SMILES string of the molecule is Cc1cc(C)c2c(C)c(C(=O)NCCN3CCOCC3)sc2n1. The first kappa shape index (κ1) is 16.4. The van der Waals surface area contributed by atoms with Gasteiger partial charge in [-0.15, -0.1) is 11.3 Å². The normalized spacial score (nSPS) is 16.0. The van der Waals surface area contributed by atoms with Crippen LogP contribution in [-0.2, 0) is 4.74 Å². The summed E-state index contributed by atoms with van der Waals surface area (Å²) in [6.07, 6.45) is 0. The van der Waals surface area contributed by atoms with Gasteiger partial charge in [0.05, 0.1) is 18.1 Å². The first-order valence-corrected chi connectivity index (χ1v) is 8.83. The van der Waals surface area contributed by atoms with E-state index in [1.165, 1.54) is 16.9 Å². The number of fused-ring (bicyclic) bond motifs is 1. The molecular weight excluding hydrogens is 310 g/mol. The van der Waals surface area contributed by atoms with Crippen molar-refractivity contribution >= 4 is 27.5 Å². The Balaban J connectivity index is 1.68. The number of aryl methyl sites for hydroxylation is 3. The van der Waals surface area contributed by atoms with Gasteiger partial charge < -0.3 is 10.1 Å². The fourth-order valence-electron chi connectivity index (χ4n) is 3.07. The zero-order valence-corrected chi connectivity index (χ0v) is 14.8. The molecule has 2 aromatic rings. The van der Waals surface area contributed by atoms with E-state index in [2.05, 4.69) is 28.2 Å². The van der Waals surface area contributed by atoms with Crippen LogP contribution in [0, 0.1) is 20.8 Å². The number of carbonyl (C=O) groups excluding carboxylic acids is 1. The lowest BCUT2D eigenvalue weighted by atomic mass is 10.1. The average molecular weight is 333 g/mol. The molecule has 0 aliphatic carbocycles. The molecule has 0 radical (unpaired) electrons. The summed E-state index contributed by atoms with van der Waals surface area (Å²) in [4.78, 5) is 21.1. The van der Waals surface area contributed by atoms with Crippen LogP contribution in [0.15, 0.2) is 6.07 Å². The second-order valence-electron chi connectivity index (χ2n) is 6.03. The number of rotatable bonds is 4. The summed E-state index contributed by atoms with van der Waals surface area (Å²) in [6, 6.07) is 2.07. The molecule has 0 atom stereocenters. The number of morpholine rings is 1. The minimum absolute atomic E-state index is 0.0100. The zero-order chi connectivity index (χ0) is 16.4. The third-order valence-corrected chi connectivity index (χ3v) is 5.43. The third-order valence-electron chi connectivity index (χ3n) is 4.25. The second kappa shape index (κ2) is 6.95. The second-order valence-corrected chi connectivity index (χ2v) is 7.03. The molecule has 124 valence electrons. The van der Waals surface area contributed by atoms with Gasteiger partial charge in [0, 0.05) is 37.3 Å². The van der Waals surface area contributed by atoms with Crippen molar-refractivity contribution in [2.24, 2.45) is 0 Å². The Morgan fingerprint density at radius 3 is 2.83 bits per heavy atom. The van der Waals surface area contributed by atoms with Crippen molar-refractivity contribution in [3.8, 4) is 0 Å². The number of hydrogen-bond donors (Lipinski definition) is 1. The fraction of sp³-hybridized carbons (Fsp3) is 0.529. The molecule has 1 amide bonds. The Labute approximate surface area is 140 Å². The molecular formula is C17H23N3O2S. The zero-order valence-electron chi connectivity index (χ0n) is 13.9. The molecule has 3 rings (SSSR count). The largest absolute Gasteiger partial charge is 0.379 e. The molecule has 1 N–H and O–H groups in total. The minimum Gasteiger partial charge on any atom is -0.379 e. The summed E-state index contributed by atoms with van der Waals surface area (Å²) in [5, 5.41) is 4.17. The Morgan fingerprint density at radius 1 is 1.35 bits per heavy atom. The van der Waals surface area contributed by atoms with E-state index < -0.39 is 0 Å². The van der Waals surface area contributed by atoms with Gasteiger partial charge >= 0.3 is 0 Å². The van der Waals surface area contributed by atoms with Crippen molar-refractivity contribution in [2.45, 2.75) is 20.8 Å². The lowest BCUT2D eigenvalue weighted by molar-refractivity contribution is 0.0383. The van der Waals surface area contributed by atoms with Crippen molar-refractivity contribution in [1.82, 2.24) is 15.2 Å². The van der Waals surface area contributed by atoms with Gasteiger partial charge in [-0.1, -0.05) is 0 Å². The van der Waals surface area contributed by atoms with Crippen LogP contribution >= 0.6 is 11.3 Å². The lowest BCUT2D eigenvalue weighted by Gasteiger charge is -2.26. The van der Waals surface area contributed by atoms with E-state index in [-0.39, 0.29) is 5.91 Å². The predicted octanol–water partition coefficient (Wildman–Crippen LogP) is 2.28. The third kappa shape index (κ3) is 3.54. The van der Waals surface area contributed by atoms with Crippen LogP contribution in [0.2, 0.25) is 0 Å². The summed E-state index contributed by atoms with van der Waals surface area (Å²) >= 11 is 1.49. The van der Waals surface area contributed by atoms with E-state index in [1.807, 2.05) is 13.8 Å². The van der Waals surface area contributed by atoms with Crippen LogP contribution in [-0.4, -0.2) is 55.2 Å². The molecule has 6 heteroatoms. The number of nitrogens with zero attached hydrogens (tertiary/aromatic N) is 2. The maximum absolute atomic E-state index is 12.5. The van der Waals surface area contributed by atoms with Gasteiger partial charge in [-0.2, -0.15) is 0 Å². The molecule has 2 aromatic heterocycles. The van der Waals surface area contributed by atoms with Gasteiger partial charge in [-0.3, -0.25) is 9.69 Å². The van der Waals surface area contributed by atoms with E-state index in [4.69, 9.17) is 4.74 Å². The lowest BCUT2D eigenvalue weighted by Crippen LogP contribution is -2.41. The minimum atomic E-state index is 0.0100. The van der Waals surface area contributed by atoms with E-state index >= 15 is 0 Å². The van der Waals surface area contributed by atoms with Gasteiger partial charge in [0.25, 0.3) is 5.91 Å². The maximum Gasteiger partial charge on any atom is 0.261 e.